The Hall–Kier alpha value is -1.31. The predicted octanol–water partition coefficient (Wildman–Crippen LogP) is 3.43. The Morgan fingerprint density at radius 1 is 1.13 bits per heavy atom. The van der Waals surface area contributed by atoms with E-state index in [9.17, 15) is 0 Å². The summed E-state index contributed by atoms with van der Waals surface area (Å²) in [4.78, 5) is 4.34. The summed E-state index contributed by atoms with van der Waals surface area (Å²) < 4.78 is 0. The van der Waals surface area contributed by atoms with E-state index in [0.717, 1.165) is 30.8 Å². The number of amidine groups is 1. The van der Waals surface area contributed by atoms with Crippen LogP contribution < -0.4 is 5.73 Å². The van der Waals surface area contributed by atoms with Gasteiger partial charge in [-0.1, -0.05) is 32.4 Å². The predicted molar refractivity (Wildman–Crippen MR) is 66.6 cm³/mol. The molecule has 1 aromatic rings. The van der Waals surface area contributed by atoms with Crippen molar-refractivity contribution in [3.63, 3.8) is 0 Å². The standard InChI is InChI=1S/C13H20N2/c1-3-5-11-7-9-12(10-8-11)15-13(14)6-4-2/h7-10H,3-6H2,1-2H3,(H2,14,15). The number of hydrogen-bond donors (Lipinski definition) is 1. The summed E-state index contributed by atoms with van der Waals surface area (Å²) in [6.45, 7) is 4.29. The third-order valence-electron chi connectivity index (χ3n) is 2.25. The SMILES string of the molecule is CCCC(N)=Nc1ccc(CCC)cc1. The molecule has 0 saturated carbocycles. The molecule has 2 nitrogen and oxygen atoms in total. The van der Waals surface area contributed by atoms with Crippen LogP contribution >= 0.6 is 0 Å². The van der Waals surface area contributed by atoms with Crippen molar-refractivity contribution in [1.29, 1.82) is 0 Å². The average molecular weight is 204 g/mol. The maximum atomic E-state index is 5.76. The van der Waals surface area contributed by atoms with Gasteiger partial charge in [0.25, 0.3) is 0 Å². The highest BCUT2D eigenvalue weighted by molar-refractivity contribution is 5.82. The molecule has 15 heavy (non-hydrogen) atoms. The molecule has 2 heteroatoms. The fraction of sp³-hybridized carbons (Fsp3) is 0.462. The highest BCUT2D eigenvalue weighted by Gasteiger charge is 1.94. The quantitative estimate of drug-likeness (QED) is 0.579. The first-order valence-corrected chi connectivity index (χ1v) is 5.68. The molecule has 0 aliphatic heterocycles. The number of aryl methyl sites for hydroxylation is 1. The maximum absolute atomic E-state index is 5.76. The number of rotatable bonds is 5. The van der Waals surface area contributed by atoms with Crippen molar-refractivity contribution >= 4 is 11.5 Å². The topological polar surface area (TPSA) is 38.4 Å². The third-order valence-corrected chi connectivity index (χ3v) is 2.25. The van der Waals surface area contributed by atoms with Gasteiger partial charge in [-0.3, -0.25) is 0 Å². The van der Waals surface area contributed by atoms with Gasteiger partial charge in [0.05, 0.1) is 11.5 Å². The molecule has 1 aromatic carbocycles. The molecule has 0 spiro atoms. The zero-order chi connectivity index (χ0) is 11.1. The summed E-state index contributed by atoms with van der Waals surface area (Å²) >= 11 is 0. The molecule has 82 valence electrons. The number of hydrogen-bond acceptors (Lipinski definition) is 1. The lowest BCUT2D eigenvalue weighted by Gasteiger charge is -2.01. The van der Waals surface area contributed by atoms with Crippen LogP contribution in [0.5, 0.6) is 0 Å². The van der Waals surface area contributed by atoms with E-state index in [4.69, 9.17) is 5.73 Å². The zero-order valence-electron chi connectivity index (χ0n) is 9.66. The molecule has 0 saturated heterocycles. The molecule has 0 aliphatic rings. The van der Waals surface area contributed by atoms with E-state index in [1.54, 1.807) is 0 Å². The Morgan fingerprint density at radius 2 is 1.80 bits per heavy atom. The van der Waals surface area contributed by atoms with Gasteiger partial charge >= 0.3 is 0 Å². The summed E-state index contributed by atoms with van der Waals surface area (Å²) in [6, 6.07) is 8.32. The molecular weight excluding hydrogens is 184 g/mol. The Balaban J connectivity index is 2.67. The fourth-order valence-corrected chi connectivity index (χ4v) is 1.50. The van der Waals surface area contributed by atoms with Gasteiger partial charge in [-0.25, -0.2) is 4.99 Å². The highest BCUT2D eigenvalue weighted by Crippen LogP contribution is 2.14. The van der Waals surface area contributed by atoms with Crippen LogP contribution in [0.4, 0.5) is 5.69 Å². The Morgan fingerprint density at radius 3 is 2.33 bits per heavy atom. The van der Waals surface area contributed by atoms with Crippen molar-refractivity contribution in [2.45, 2.75) is 39.5 Å². The van der Waals surface area contributed by atoms with Crippen LogP contribution in [0.1, 0.15) is 38.7 Å². The molecule has 0 atom stereocenters. The summed E-state index contributed by atoms with van der Waals surface area (Å²) in [7, 11) is 0. The second-order valence-electron chi connectivity index (χ2n) is 3.77. The number of nitrogens with zero attached hydrogens (tertiary/aromatic N) is 1. The van der Waals surface area contributed by atoms with E-state index in [-0.39, 0.29) is 0 Å². The van der Waals surface area contributed by atoms with Gasteiger partial charge in [0, 0.05) is 6.42 Å². The molecule has 0 bridgehead atoms. The van der Waals surface area contributed by atoms with Crippen LogP contribution in [0.2, 0.25) is 0 Å². The van der Waals surface area contributed by atoms with Gasteiger partial charge in [-0.15, -0.1) is 0 Å². The fourth-order valence-electron chi connectivity index (χ4n) is 1.50. The zero-order valence-corrected chi connectivity index (χ0v) is 9.66. The van der Waals surface area contributed by atoms with E-state index in [0.29, 0.717) is 0 Å². The van der Waals surface area contributed by atoms with E-state index in [2.05, 4.69) is 31.0 Å². The van der Waals surface area contributed by atoms with Crippen LogP contribution in [0.15, 0.2) is 29.3 Å². The molecule has 2 N–H and O–H groups in total. The number of nitrogens with two attached hydrogens (primary N) is 1. The normalized spacial score (nSPS) is 11.7. The highest BCUT2D eigenvalue weighted by atomic mass is 14.8. The number of benzene rings is 1. The summed E-state index contributed by atoms with van der Waals surface area (Å²) in [5.41, 5.74) is 8.09. The molecule has 0 heterocycles. The minimum Gasteiger partial charge on any atom is -0.387 e. The minimum absolute atomic E-state index is 0.723. The average Bonchev–Trinajstić information content (AvgIpc) is 2.22. The smallest absolute Gasteiger partial charge is 0.0996 e. The van der Waals surface area contributed by atoms with Gasteiger partial charge in [-0.2, -0.15) is 0 Å². The van der Waals surface area contributed by atoms with Gasteiger partial charge in [0.1, 0.15) is 0 Å². The molecule has 0 fully saturated rings. The summed E-state index contributed by atoms with van der Waals surface area (Å²) in [6.07, 6.45) is 4.23. The van der Waals surface area contributed by atoms with Crippen molar-refractivity contribution in [1.82, 2.24) is 0 Å². The van der Waals surface area contributed by atoms with Crippen molar-refractivity contribution in [2.24, 2.45) is 10.7 Å². The van der Waals surface area contributed by atoms with Crippen molar-refractivity contribution < 1.29 is 0 Å². The first-order valence-electron chi connectivity index (χ1n) is 5.68. The van der Waals surface area contributed by atoms with Gasteiger partial charge in [-0.05, 0) is 30.5 Å². The molecule has 1 rings (SSSR count). The van der Waals surface area contributed by atoms with Crippen LogP contribution in [0.25, 0.3) is 0 Å². The van der Waals surface area contributed by atoms with Crippen LogP contribution in [-0.2, 0) is 6.42 Å². The summed E-state index contributed by atoms with van der Waals surface area (Å²) in [5.74, 6) is 0.723. The van der Waals surface area contributed by atoms with Crippen molar-refractivity contribution in [3.8, 4) is 0 Å². The second-order valence-corrected chi connectivity index (χ2v) is 3.77. The van der Waals surface area contributed by atoms with E-state index in [1.807, 2.05) is 12.1 Å². The van der Waals surface area contributed by atoms with Gasteiger partial charge in [0.2, 0.25) is 0 Å². The lowest BCUT2D eigenvalue weighted by atomic mass is 10.1. The van der Waals surface area contributed by atoms with E-state index in [1.165, 1.54) is 12.0 Å². The monoisotopic (exact) mass is 204 g/mol. The molecular formula is C13H20N2. The summed E-state index contributed by atoms with van der Waals surface area (Å²) in [5, 5.41) is 0. The minimum atomic E-state index is 0.723. The molecule has 0 aromatic heterocycles. The van der Waals surface area contributed by atoms with E-state index < -0.39 is 0 Å². The van der Waals surface area contributed by atoms with Gasteiger partial charge < -0.3 is 5.73 Å². The lowest BCUT2D eigenvalue weighted by Crippen LogP contribution is -2.09. The van der Waals surface area contributed by atoms with Crippen LogP contribution in [0.3, 0.4) is 0 Å². The first-order chi connectivity index (χ1) is 7.26. The molecule has 0 amide bonds. The Labute approximate surface area is 92.2 Å². The number of aliphatic imine (C=N–C) groups is 1. The Kier molecular flexibility index (Phi) is 4.88. The first kappa shape index (κ1) is 11.8. The van der Waals surface area contributed by atoms with E-state index >= 15 is 0 Å². The van der Waals surface area contributed by atoms with Crippen LogP contribution in [-0.4, -0.2) is 5.84 Å². The molecule has 0 radical (unpaired) electrons. The molecule has 0 unspecified atom stereocenters. The third kappa shape index (κ3) is 4.15. The lowest BCUT2D eigenvalue weighted by molar-refractivity contribution is 0.922. The Bertz CT molecular complexity index is 312. The maximum Gasteiger partial charge on any atom is 0.0996 e. The van der Waals surface area contributed by atoms with Crippen molar-refractivity contribution in [3.05, 3.63) is 29.8 Å². The largest absolute Gasteiger partial charge is 0.387 e. The molecule has 0 aliphatic carbocycles. The van der Waals surface area contributed by atoms with Gasteiger partial charge in [0.15, 0.2) is 0 Å². The van der Waals surface area contributed by atoms with Crippen LogP contribution in [0, 0.1) is 0 Å². The van der Waals surface area contributed by atoms with Crippen molar-refractivity contribution in [2.75, 3.05) is 0 Å². The second kappa shape index (κ2) is 6.23.